The Morgan fingerprint density at radius 3 is 1.11 bits per heavy atom. The molecule has 158 valence electrons. The van der Waals surface area contributed by atoms with Gasteiger partial charge in [-0.15, -0.1) is 0 Å². The van der Waals surface area contributed by atoms with Crippen LogP contribution in [0.25, 0.3) is 0 Å². The van der Waals surface area contributed by atoms with Gasteiger partial charge in [-0.2, -0.15) is 0 Å². The lowest BCUT2D eigenvalue weighted by atomic mass is 9.33. The van der Waals surface area contributed by atoms with Crippen molar-refractivity contribution in [3.63, 3.8) is 0 Å². The molecule has 0 aromatic rings. The third kappa shape index (κ3) is 3.49. The van der Waals surface area contributed by atoms with Crippen LogP contribution >= 0.6 is 11.6 Å². The Kier molecular flexibility index (Phi) is 6.33. The van der Waals surface area contributed by atoms with Gasteiger partial charge < -0.3 is 4.74 Å². The minimum Gasteiger partial charge on any atom is -0.381 e. The molecule has 0 atom stereocenters. The molecule has 0 N–H and O–H groups in total. The van der Waals surface area contributed by atoms with Crippen LogP contribution in [0.4, 0.5) is 0 Å². The van der Waals surface area contributed by atoms with Gasteiger partial charge >= 0.3 is 0 Å². The van der Waals surface area contributed by atoms with Crippen LogP contribution in [0, 0.1) is 21.7 Å². The van der Waals surface area contributed by atoms with Crippen LogP contribution in [0.5, 0.6) is 0 Å². The normalized spacial score (nSPS) is 40.1. The highest BCUT2D eigenvalue weighted by Gasteiger charge is 2.73. The Hall–Kier alpha value is -1.07. The summed E-state index contributed by atoms with van der Waals surface area (Å²) in [6.07, 6.45) is 7.19. The highest BCUT2D eigenvalue weighted by molar-refractivity contribution is 6.65. The molecule has 0 spiro atoms. The number of hydrogen-bond donors (Lipinski definition) is 0. The lowest BCUT2D eigenvalue weighted by molar-refractivity contribution is -0.202. The number of hydrogen-bond acceptors (Lipinski definition) is 5. The van der Waals surface area contributed by atoms with E-state index in [2.05, 4.69) is 0 Å². The molecule has 6 aliphatic carbocycles. The van der Waals surface area contributed by atoms with Gasteiger partial charge in [-0.1, -0.05) is 7.43 Å². The number of Topliss-reactive ketones (excluding diaryl/α,β-unsaturated/α-hetero) is 3. The maximum absolute atomic E-state index is 11.0. The van der Waals surface area contributed by atoms with E-state index in [0.29, 0.717) is 19.3 Å². The number of carbonyl (C=O) groups excluding carboxylic acids is 4. The van der Waals surface area contributed by atoms with E-state index in [1.165, 1.54) is 12.8 Å². The van der Waals surface area contributed by atoms with Gasteiger partial charge in [0.1, 0.15) is 17.3 Å². The number of carbonyl (C=O) groups is 4. The summed E-state index contributed by atoms with van der Waals surface area (Å²) in [7, 11) is 0. The largest absolute Gasteiger partial charge is 0.381 e. The fraction of sp³-hybridized carbons (Fsp3) is 0.818. The second-order valence-corrected chi connectivity index (χ2v) is 9.79. The first kappa shape index (κ1) is 23.2. The Labute approximate surface area is 172 Å². The summed E-state index contributed by atoms with van der Waals surface area (Å²) in [5.74, 6) is 0.776. The number of rotatable bonds is 4. The molecule has 1 saturated heterocycles. The van der Waals surface area contributed by atoms with Crippen molar-refractivity contribution in [1.29, 1.82) is 0 Å². The fourth-order valence-electron chi connectivity index (χ4n) is 5.41. The first-order chi connectivity index (χ1) is 12.5. The Balaban J connectivity index is 0.000000157. The average Bonchev–Trinajstić information content (AvgIpc) is 2.88. The van der Waals surface area contributed by atoms with Crippen molar-refractivity contribution in [2.75, 3.05) is 13.2 Å². The first-order valence-electron chi connectivity index (χ1n) is 9.83. The third-order valence-corrected chi connectivity index (χ3v) is 7.95. The summed E-state index contributed by atoms with van der Waals surface area (Å²) < 4.78 is 4.94. The van der Waals surface area contributed by atoms with E-state index >= 15 is 0 Å². The van der Waals surface area contributed by atoms with Gasteiger partial charge in [-0.25, -0.2) is 0 Å². The van der Waals surface area contributed by atoms with Crippen molar-refractivity contribution in [3.05, 3.63) is 0 Å². The number of halogens is 1. The molecule has 1 heterocycles. The summed E-state index contributed by atoms with van der Waals surface area (Å²) in [5.41, 5.74) is -0.519. The molecule has 0 aromatic carbocycles. The standard InChI is InChI=1S/C9H12O2.C8H9ClO2.C4H8O.CH4/c1-6(10)8-3-9(4-8,5-8)7(2)11;1-5(10)7-2-8(3-7,4-7)6(9)11;1-2-4-5-3-1;/h3-5H2,1-2H3;2-4H2,1H3;1-4H2;1H4. The Morgan fingerprint density at radius 1 is 0.643 bits per heavy atom. The van der Waals surface area contributed by atoms with Gasteiger partial charge in [0.2, 0.25) is 5.24 Å². The van der Waals surface area contributed by atoms with Crippen LogP contribution < -0.4 is 0 Å². The molecule has 6 saturated carbocycles. The summed E-state index contributed by atoms with van der Waals surface area (Å²) >= 11 is 5.38. The van der Waals surface area contributed by atoms with E-state index in [1.807, 2.05) is 0 Å². The minimum absolute atomic E-state index is 0. The van der Waals surface area contributed by atoms with E-state index in [4.69, 9.17) is 16.3 Å². The lowest BCUT2D eigenvalue weighted by Crippen LogP contribution is -2.67. The van der Waals surface area contributed by atoms with Crippen molar-refractivity contribution in [2.24, 2.45) is 21.7 Å². The zero-order valence-corrected chi connectivity index (χ0v) is 17.2. The second kappa shape index (κ2) is 7.64. The zero-order chi connectivity index (χ0) is 20.1. The Bertz CT molecular complexity index is 542. The van der Waals surface area contributed by atoms with Crippen molar-refractivity contribution in [3.8, 4) is 0 Å². The zero-order valence-electron chi connectivity index (χ0n) is 16.5. The van der Waals surface area contributed by atoms with Gasteiger partial charge in [0.15, 0.2) is 0 Å². The molecule has 1 aliphatic heterocycles. The van der Waals surface area contributed by atoms with E-state index in [1.54, 1.807) is 20.8 Å². The molecule has 7 fully saturated rings. The molecule has 7 rings (SSSR count). The molecule has 6 heteroatoms. The molecule has 0 aromatic heterocycles. The topological polar surface area (TPSA) is 77.5 Å². The minimum atomic E-state index is -0.284. The SMILES string of the molecule is C.C1CCOC1.CC(=O)C12CC(C(=O)Cl)(C1)C2.CC(=O)C12CC(C(C)=O)(C1)C2. The lowest BCUT2D eigenvalue weighted by Gasteiger charge is -2.68. The summed E-state index contributed by atoms with van der Waals surface area (Å²) in [4.78, 5) is 43.9. The molecule has 0 radical (unpaired) electrons. The summed E-state index contributed by atoms with van der Waals surface area (Å²) in [6, 6.07) is 0. The molecule has 0 unspecified atom stereocenters. The summed E-state index contributed by atoms with van der Waals surface area (Å²) in [6.45, 7) is 6.88. The molecular formula is C22H33ClO5. The van der Waals surface area contributed by atoms with E-state index in [0.717, 1.165) is 32.5 Å². The third-order valence-electron chi connectivity index (χ3n) is 7.55. The second-order valence-electron chi connectivity index (χ2n) is 9.44. The van der Waals surface area contributed by atoms with Gasteiger partial charge in [0, 0.05) is 34.9 Å². The van der Waals surface area contributed by atoms with Gasteiger partial charge in [-0.05, 0) is 83.7 Å². The monoisotopic (exact) mass is 412 g/mol. The van der Waals surface area contributed by atoms with E-state index in [-0.39, 0.29) is 51.7 Å². The average molecular weight is 413 g/mol. The van der Waals surface area contributed by atoms with Crippen LogP contribution in [0.15, 0.2) is 0 Å². The molecule has 0 amide bonds. The highest BCUT2D eigenvalue weighted by atomic mass is 35.5. The Morgan fingerprint density at radius 2 is 0.929 bits per heavy atom. The van der Waals surface area contributed by atoms with Gasteiger partial charge in [0.05, 0.1) is 0 Å². The summed E-state index contributed by atoms with van der Waals surface area (Å²) in [5, 5.41) is -0.249. The van der Waals surface area contributed by atoms with Crippen LogP contribution in [0.2, 0.25) is 0 Å². The maximum atomic E-state index is 11.0. The predicted molar refractivity (Wildman–Crippen MR) is 107 cm³/mol. The molecule has 7 aliphatic rings. The van der Waals surface area contributed by atoms with Crippen molar-refractivity contribution < 1.29 is 23.9 Å². The quantitative estimate of drug-likeness (QED) is 0.644. The fourth-order valence-corrected chi connectivity index (χ4v) is 5.62. The smallest absolute Gasteiger partial charge is 0.227 e. The highest BCUT2D eigenvalue weighted by Crippen LogP contribution is 2.74. The van der Waals surface area contributed by atoms with Gasteiger partial charge in [0.25, 0.3) is 0 Å². The molecular weight excluding hydrogens is 380 g/mol. The van der Waals surface area contributed by atoms with Crippen molar-refractivity contribution in [1.82, 2.24) is 0 Å². The number of ketones is 3. The van der Waals surface area contributed by atoms with E-state index < -0.39 is 0 Å². The van der Waals surface area contributed by atoms with Crippen LogP contribution in [-0.4, -0.2) is 35.8 Å². The van der Waals surface area contributed by atoms with Gasteiger partial charge in [-0.3, -0.25) is 19.2 Å². The predicted octanol–water partition coefficient (Wildman–Crippen LogP) is 4.28. The van der Waals surface area contributed by atoms with Crippen molar-refractivity contribution >= 4 is 34.2 Å². The van der Waals surface area contributed by atoms with Crippen LogP contribution in [0.1, 0.15) is 79.6 Å². The van der Waals surface area contributed by atoms with Crippen LogP contribution in [-0.2, 0) is 23.9 Å². The van der Waals surface area contributed by atoms with Crippen LogP contribution in [0.3, 0.4) is 0 Å². The molecule has 5 nitrogen and oxygen atoms in total. The maximum Gasteiger partial charge on any atom is 0.227 e. The molecule has 4 bridgehead atoms. The van der Waals surface area contributed by atoms with Crippen molar-refractivity contribution in [2.45, 2.75) is 79.6 Å². The first-order valence-corrected chi connectivity index (χ1v) is 10.2. The van der Waals surface area contributed by atoms with E-state index in [9.17, 15) is 19.2 Å². The molecule has 28 heavy (non-hydrogen) atoms. The number of ether oxygens (including phenoxy) is 1.